The minimum absolute atomic E-state index is 0. The van der Waals surface area contributed by atoms with E-state index in [0.29, 0.717) is 5.56 Å². The van der Waals surface area contributed by atoms with Crippen LogP contribution in [0.1, 0.15) is 15.9 Å². The van der Waals surface area contributed by atoms with Crippen molar-refractivity contribution in [3.63, 3.8) is 0 Å². The Hall–Kier alpha value is 0.320. The summed E-state index contributed by atoms with van der Waals surface area (Å²) < 4.78 is 0. The van der Waals surface area contributed by atoms with E-state index in [0.717, 1.165) is 0 Å². The van der Waals surface area contributed by atoms with E-state index < -0.39 is 5.97 Å². The van der Waals surface area contributed by atoms with Gasteiger partial charge in [-0.1, -0.05) is 0 Å². The maximum Gasteiger partial charge on any atom is 1.00 e. The molecule has 0 bridgehead atoms. The van der Waals surface area contributed by atoms with Crippen LogP contribution in [0.3, 0.4) is 0 Å². The number of carbonyl (C=O) groups excluding carboxylic acids is 2. The molecule has 0 radical (unpaired) electrons. The van der Waals surface area contributed by atoms with Gasteiger partial charge in [-0.25, -0.2) is 0 Å². The molecule has 0 unspecified atom stereocenters. The normalized spacial score (nSPS) is 7.14. The van der Waals surface area contributed by atoms with Gasteiger partial charge < -0.3 is 20.2 Å². The first kappa shape index (κ1) is 19.8. The summed E-state index contributed by atoms with van der Waals surface area (Å²) in [6.07, 6.45) is 1.63. The maximum atomic E-state index is 10.2. The number of carbonyl (C=O) groups is 1. The number of aromatic carboxylic acids is 1. The molecule has 0 heterocycles. The van der Waals surface area contributed by atoms with Gasteiger partial charge in [0.2, 0.25) is 0 Å². The van der Waals surface area contributed by atoms with Crippen LogP contribution in [-0.2, 0) is 4.79 Å². The van der Waals surface area contributed by atoms with Crippen LogP contribution in [0.5, 0.6) is 0 Å². The molecule has 0 fully saturated rings. The van der Waals surface area contributed by atoms with Gasteiger partial charge >= 0.3 is 59.1 Å². The van der Waals surface area contributed by atoms with E-state index in [1.165, 1.54) is 24.3 Å². The fourth-order valence-electron chi connectivity index (χ4n) is 0.674. The number of rotatable bonds is 2. The van der Waals surface area contributed by atoms with Crippen LogP contribution in [0.15, 0.2) is 24.3 Å². The van der Waals surface area contributed by atoms with Crippen molar-refractivity contribution in [2.45, 2.75) is 0 Å². The van der Waals surface area contributed by atoms with E-state index in [1.54, 1.807) is 6.29 Å². The zero-order chi connectivity index (χ0) is 8.27. The maximum absolute atomic E-state index is 10.2. The average Bonchev–Trinajstić information content (AvgIpc) is 2.05. The third-order valence-corrected chi connectivity index (χ3v) is 1.24. The van der Waals surface area contributed by atoms with Crippen molar-refractivity contribution in [2.24, 2.45) is 0 Å². The Morgan fingerprint density at radius 2 is 1.57 bits per heavy atom. The van der Waals surface area contributed by atoms with E-state index >= 15 is 0 Å². The molecule has 1 rings (SSSR count). The average molecular weight is 211 g/mol. The monoisotopic (exact) mass is 211 g/mol. The molecule has 0 amide bonds. The summed E-state index contributed by atoms with van der Waals surface area (Å²) in [4.78, 5) is 20.2. The molecule has 0 saturated carbocycles. The number of benzene rings is 1. The van der Waals surface area contributed by atoms with Crippen molar-refractivity contribution in [1.82, 2.24) is 0 Å². The van der Waals surface area contributed by atoms with Gasteiger partial charge in [0.25, 0.3) is 0 Å². The SMILES string of the molecule is O=[C-]c1ccc(C(=O)[O-])cc1.[Na+].[Na+].[OH-]. The van der Waals surface area contributed by atoms with Crippen LogP contribution in [0.25, 0.3) is 0 Å². The molecule has 1 N–H and O–H groups in total. The first-order valence-electron chi connectivity index (χ1n) is 2.93. The number of hydrogen-bond donors (Lipinski definition) is 0. The quantitative estimate of drug-likeness (QED) is 0.359. The van der Waals surface area contributed by atoms with E-state index in [-0.39, 0.29) is 70.2 Å². The largest absolute Gasteiger partial charge is 1.00 e. The van der Waals surface area contributed by atoms with Gasteiger partial charge in [-0.3, -0.25) is 0 Å². The van der Waals surface area contributed by atoms with Crippen LogP contribution in [-0.4, -0.2) is 17.7 Å². The molecular formula is C8H5Na2O4-. The fourth-order valence-corrected chi connectivity index (χ4v) is 0.674. The third kappa shape index (κ3) is 5.93. The van der Waals surface area contributed by atoms with Crippen LogP contribution in [0, 0.1) is 0 Å². The summed E-state index contributed by atoms with van der Waals surface area (Å²) in [5.41, 5.74) is 0.388. The van der Waals surface area contributed by atoms with E-state index in [2.05, 4.69) is 0 Å². The minimum Gasteiger partial charge on any atom is -0.870 e. The number of hydrogen-bond acceptors (Lipinski definition) is 4. The molecule has 64 valence electrons. The van der Waals surface area contributed by atoms with Gasteiger partial charge in [0.15, 0.2) is 0 Å². The Balaban J connectivity index is -0.000000403. The first-order valence-corrected chi connectivity index (χ1v) is 2.93. The number of carboxylic acid groups (broad SMARTS) is 1. The summed E-state index contributed by atoms with van der Waals surface area (Å²) in [7, 11) is 0. The zero-order valence-electron chi connectivity index (χ0n) is 7.98. The molecule has 14 heavy (non-hydrogen) atoms. The summed E-state index contributed by atoms with van der Waals surface area (Å²) >= 11 is 0. The Kier molecular flexibility index (Phi) is 14.0. The standard InChI is InChI=1S/C8H5O3.2Na.H2O/c9-5-6-1-3-7(4-2-6)8(10)11;;;/h1-4H,(H,10,11);;;1H2/q-1;2*+1;/p-2. The molecule has 6 heteroatoms. The molecule has 0 spiro atoms. The van der Waals surface area contributed by atoms with Crippen LogP contribution in [0.2, 0.25) is 0 Å². The van der Waals surface area contributed by atoms with Crippen LogP contribution >= 0.6 is 0 Å². The van der Waals surface area contributed by atoms with Crippen LogP contribution in [0.4, 0.5) is 0 Å². The molecule has 0 aliphatic rings. The van der Waals surface area contributed by atoms with Gasteiger partial charge in [0.05, 0.1) is 12.3 Å². The molecule has 1 aromatic rings. The first-order chi connectivity index (χ1) is 5.24. The topological polar surface area (TPSA) is 87.2 Å². The van der Waals surface area contributed by atoms with E-state index in [4.69, 9.17) is 0 Å². The second-order valence-electron chi connectivity index (χ2n) is 1.97. The Morgan fingerprint density at radius 1 is 1.14 bits per heavy atom. The molecule has 0 atom stereocenters. The van der Waals surface area contributed by atoms with Gasteiger partial charge in [0.1, 0.15) is 0 Å². The van der Waals surface area contributed by atoms with Crippen LogP contribution < -0.4 is 64.2 Å². The zero-order valence-corrected chi connectivity index (χ0v) is 12.0. The molecule has 0 aromatic heterocycles. The molecule has 4 nitrogen and oxygen atoms in total. The summed E-state index contributed by atoms with van der Waals surface area (Å²) in [5.74, 6) is -1.25. The van der Waals surface area contributed by atoms with Crippen molar-refractivity contribution in [3.05, 3.63) is 35.4 Å². The van der Waals surface area contributed by atoms with E-state index in [9.17, 15) is 14.7 Å². The summed E-state index contributed by atoms with van der Waals surface area (Å²) in [6.45, 7) is 0. The van der Waals surface area contributed by atoms with Crippen molar-refractivity contribution < 1.29 is 79.3 Å². The second-order valence-corrected chi connectivity index (χ2v) is 1.97. The smallest absolute Gasteiger partial charge is 0.870 e. The molecule has 1 aromatic carbocycles. The summed E-state index contributed by atoms with van der Waals surface area (Å²) in [6, 6.07) is 5.35. The molecule has 0 aliphatic heterocycles. The van der Waals surface area contributed by atoms with Gasteiger partial charge in [-0.15, -0.1) is 12.1 Å². The summed E-state index contributed by atoms with van der Waals surface area (Å²) in [5, 5.41) is 10.2. The number of carboxylic acids is 1. The predicted molar refractivity (Wildman–Crippen MR) is 37.5 cm³/mol. The van der Waals surface area contributed by atoms with Crippen molar-refractivity contribution in [2.75, 3.05) is 0 Å². The van der Waals surface area contributed by atoms with E-state index in [1.807, 2.05) is 0 Å². The molecule has 0 saturated heterocycles. The second kappa shape index (κ2) is 9.86. The molecule has 0 aliphatic carbocycles. The van der Waals surface area contributed by atoms with Crippen molar-refractivity contribution >= 4 is 12.3 Å². The Labute approximate surface area is 126 Å². The van der Waals surface area contributed by atoms with Gasteiger partial charge in [-0.05, 0) is 5.56 Å². The predicted octanol–water partition coefficient (Wildman–Crippen LogP) is -6.66. The third-order valence-electron chi connectivity index (χ3n) is 1.24. The minimum atomic E-state index is -1.25. The molecular weight excluding hydrogens is 206 g/mol. The fraction of sp³-hybridized carbons (Fsp3) is 0. The Morgan fingerprint density at radius 3 is 1.86 bits per heavy atom. The van der Waals surface area contributed by atoms with Crippen molar-refractivity contribution in [3.8, 4) is 0 Å². The van der Waals surface area contributed by atoms with Gasteiger partial charge in [-0.2, -0.15) is 17.7 Å². The van der Waals surface area contributed by atoms with Crippen molar-refractivity contribution in [1.29, 1.82) is 0 Å². The Bertz CT molecular complexity index is 284. The van der Waals surface area contributed by atoms with Gasteiger partial charge in [0, 0.05) is 0 Å².